The highest BCUT2D eigenvalue weighted by molar-refractivity contribution is 9.10. The number of ether oxygens (including phenoxy) is 1. The van der Waals surface area contributed by atoms with Crippen molar-refractivity contribution in [3.63, 3.8) is 0 Å². The second-order valence-corrected chi connectivity index (χ2v) is 7.51. The van der Waals surface area contributed by atoms with Crippen LogP contribution in [0.4, 0.5) is 4.39 Å². The molecule has 0 bridgehead atoms. The van der Waals surface area contributed by atoms with E-state index in [1.165, 1.54) is 13.1 Å². The standard InChI is InChI=1S/C13H20BrFN2O3S/c1-16-9-10-7-11(14)8-12(13(10)15)21(18,19)17(2)5-4-6-20-3/h7-8,16H,4-6,9H2,1-3H3. The van der Waals surface area contributed by atoms with E-state index >= 15 is 0 Å². The number of hydrogen-bond acceptors (Lipinski definition) is 4. The van der Waals surface area contributed by atoms with Crippen molar-refractivity contribution in [1.82, 2.24) is 9.62 Å². The van der Waals surface area contributed by atoms with Gasteiger partial charge in [0, 0.05) is 43.9 Å². The molecule has 0 radical (unpaired) electrons. The molecule has 1 aromatic rings. The van der Waals surface area contributed by atoms with Gasteiger partial charge in [-0.15, -0.1) is 0 Å². The summed E-state index contributed by atoms with van der Waals surface area (Å²) in [7, 11) is 0.785. The molecule has 0 aliphatic rings. The zero-order chi connectivity index (χ0) is 16.0. The van der Waals surface area contributed by atoms with Crippen LogP contribution in [0.25, 0.3) is 0 Å². The van der Waals surface area contributed by atoms with Gasteiger partial charge < -0.3 is 10.1 Å². The van der Waals surface area contributed by atoms with E-state index in [2.05, 4.69) is 21.2 Å². The van der Waals surface area contributed by atoms with E-state index in [0.717, 1.165) is 4.31 Å². The molecule has 0 aromatic heterocycles. The lowest BCUT2D eigenvalue weighted by Crippen LogP contribution is -2.29. The van der Waals surface area contributed by atoms with Crippen LogP contribution in [0, 0.1) is 5.82 Å². The van der Waals surface area contributed by atoms with E-state index in [4.69, 9.17) is 4.74 Å². The molecule has 0 atom stereocenters. The van der Waals surface area contributed by atoms with E-state index in [1.54, 1.807) is 20.2 Å². The number of methoxy groups -OCH3 is 1. The first kappa shape index (κ1) is 18.5. The second-order valence-electron chi connectivity index (χ2n) is 4.58. The molecule has 1 N–H and O–H groups in total. The van der Waals surface area contributed by atoms with Crippen LogP contribution in [0.2, 0.25) is 0 Å². The molecule has 1 aromatic carbocycles. The second kappa shape index (κ2) is 8.19. The fraction of sp³-hybridized carbons (Fsp3) is 0.538. The maximum Gasteiger partial charge on any atom is 0.245 e. The fourth-order valence-electron chi connectivity index (χ4n) is 1.84. The van der Waals surface area contributed by atoms with Gasteiger partial charge in [-0.05, 0) is 25.6 Å². The van der Waals surface area contributed by atoms with E-state index < -0.39 is 15.8 Å². The summed E-state index contributed by atoms with van der Waals surface area (Å²) in [6, 6.07) is 2.85. The minimum Gasteiger partial charge on any atom is -0.385 e. The van der Waals surface area contributed by atoms with Crippen LogP contribution in [0.3, 0.4) is 0 Å². The molecule has 0 unspecified atom stereocenters. The molecule has 0 saturated carbocycles. The van der Waals surface area contributed by atoms with Crippen molar-refractivity contribution >= 4 is 26.0 Å². The number of nitrogens with one attached hydrogen (secondary N) is 1. The first-order chi connectivity index (χ1) is 9.84. The lowest BCUT2D eigenvalue weighted by molar-refractivity contribution is 0.189. The minimum absolute atomic E-state index is 0.251. The zero-order valence-electron chi connectivity index (χ0n) is 12.3. The van der Waals surface area contributed by atoms with Crippen molar-refractivity contribution in [3.05, 3.63) is 28.0 Å². The number of sulfonamides is 1. The molecule has 8 heteroatoms. The summed E-state index contributed by atoms with van der Waals surface area (Å²) in [6.45, 7) is 0.969. The van der Waals surface area contributed by atoms with E-state index in [0.29, 0.717) is 23.1 Å². The highest BCUT2D eigenvalue weighted by Gasteiger charge is 2.26. The number of benzene rings is 1. The molecule has 0 spiro atoms. The van der Waals surface area contributed by atoms with E-state index in [9.17, 15) is 12.8 Å². The first-order valence-corrected chi connectivity index (χ1v) is 8.65. The molecule has 0 aliphatic heterocycles. The average molecular weight is 383 g/mol. The summed E-state index contributed by atoms with van der Waals surface area (Å²) in [5.74, 6) is -0.717. The monoisotopic (exact) mass is 382 g/mol. The number of hydrogen-bond donors (Lipinski definition) is 1. The molecule has 120 valence electrons. The summed E-state index contributed by atoms with van der Waals surface area (Å²) in [6.07, 6.45) is 0.547. The first-order valence-electron chi connectivity index (χ1n) is 6.42. The molecule has 5 nitrogen and oxygen atoms in total. The van der Waals surface area contributed by atoms with Gasteiger partial charge in [0.15, 0.2) is 0 Å². The Labute approximate surface area is 133 Å². The largest absolute Gasteiger partial charge is 0.385 e. The Kier molecular flexibility index (Phi) is 7.22. The van der Waals surface area contributed by atoms with E-state index in [1.807, 2.05) is 0 Å². The van der Waals surface area contributed by atoms with Crippen molar-refractivity contribution in [3.8, 4) is 0 Å². The SMILES string of the molecule is CNCc1cc(Br)cc(S(=O)(=O)N(C)CCCOC)c1F. The molecule has 0 saturated heterocycles. The summed E-state index contributed by atoms with van der Waals surface area (Å²) in [5.41, 5.74) is 0.302. The molecule has 21 heavy (non-hydrogen) atoms. The maximum absolute atomic E-state index is 14.4. The highest BCUT2D eigenvalue weighted by Crippen LogP contribution is 2.26. The van der Waals surface area contributed by atoms with Crippen LogP contribution in [0.1, 0.15) is 12.0 Å². The Bertz CT molecular complexity index is 581. The third-order valence-electron chi connectivity index (χ3n) is 2.96. The highest BCUT2D eigenvalue weighted by atomic mass is 79.9. The normalized spacial score (nSPS) is 12.1. The van der Waals surface area contributed by atoms with Gasteiger partial charge >= 0.3 is 0 Å². The van der Waals surface area contributed by atoms with Gasteiger partial charge in [0.05, 0.1) is 0 Å². The van der Waals surface area contributed by atoms with Crippen LogP contribution in [0.5, 0.6) is 0 Å². The number of nitrogens with zero attached hydrogens (tertiary/aromatic N) is 1. The Morgan fingerprint density at radius 1 is 1.43 bits per heavy atom. The van der Waals surface area contributed by atoms with Crippen LogP contribution in [0.15, 0.2) is 21.5 Å². The summed E-state index contributed by atoms with van der Waals surface area (Å²) >= 11 is 3.23. The summed E-state index contributed by atoms with van der Waals surface area (Å²) < 4.78 is 45.9. The zero-order valence-corrected chi connectivity index (χ0v) is 14.7. The summed E-state index contributed by atoms with van der Waals surface area (Å²) in [5, 5.41) is 2.82. The van der Waals surface area contributed by atoms with Gasteiger partial charge in [-0.2, -0.15) is 0 Å². The lowest BCUT2D eigenvalue weighted by Gasteiger charge is -2.18. The Morgan fingerprint density at radius 3 is 2.67 bits per heavy atom. The molecular formula is C13H20BrFN2O3S. The summed E-state index contributed by atoms with van der Waals surface area (Å²) in [4.78, 5) is -0.318. The molecular weight excluding hydrogens is 363 g/mol. The third-order valence-corrected chi connectivity index (χ3v) is 5.27. The number of rotatable bonds is 8. The Balaban J connectivity index is 3.12. The fourth-order valence-corrected chi connectivity index (χ4v) is 3.84. The average Bonchev–Trinajstić information content (AvgIpc) is 2.42. The predicted octanol–water partition coefficient (Wildman–Crippen LogP) is 1.96. The molecule has 0 amide bonds. The van der Waals surface area contributed by atoms with Crippen LogP contribution >= 0.6 is 15.9 Å². The maximum atomic E-state index is 14.4. The van der Waals surface area contributed by atoms with Gasteiger partial charge in [0.25, 0.3) is 0 Å². The quantitative estimate of drug-likeness (QED) is 0.698. The number of halogens is 2. The van der Waals surface area contributed by atoms with Crippen molar-refractivity contribution in [2.24, 2.45) is 0 Å². The van der Waals surface area contributed by atoms with Gasteiger partial charge in [-0.1, -0.05) is 15.9 Å². The van der Waals surface area contributed by atoms with Crippen molar-refractivity contribution < 1.29 is 17.5 Å². The van der Waals surface area contributed by atoms with Crippen LogP contribution in [-0.2, 0) is 21.3 Å². The van der Waals surface area contributed by atoms with E-state index in [-0.39, 0.29) is 18.0 Å². The van der Waals surface area contributed by atoms with Crippen LogP contribution in [-0.4, -0.2) is 47.1 Å². The van der Waals surface area contributed by atoms with Crippen molar-refractivity contribution in [1.29, 1.82) is 0 Å². The van der Waals surface area contributed by atoms with Crippen molar-refractivity contribution in [2.45, 2.75) is 17.9 Å². The lowest BCUT2D eigenvalue weighted by atomic mass is 10.2. The van der Waals surface area contributed by atoms with Crippen LogP contribution < -0.4 is 5.32 Å². The molecule has 0 heterocycles. The van der Waals surface area contributed by atoms with Gasteiger partial charge in [0.1, 0.15) is 10.7 Å². The smallest absolute Gasteiger partial charge is 0.245 e. The third kappa shape index (κ3) is 4.72. The minimum atomic E-state index is -3.87. The van der Waals surface area contributed by atoms with Gasteiger partial charge in [-0.3, -0.25) is 0 Å². The topological polar surface area (TPSA) is 58.6 Å². The predicted molar refractivity (Wildman–Crippen MR) is 83.2 cm³/mol. The molecule has 1 rings (SSSR count). The molecule has 0 fully saturated rings. The van der Waals surface area contributed by atoms with Gasteiger partial charge in [-0.25, -0.2) is 17.1 Å². The van der Waals surface area contributed by atoms with Crippen molar-refractivity contribution in [2.75, 3.05) is 34.4 Å². The van der Waals surface area contributed by atoms with Gasteiger partial charge in [0.2, 0.25) is 10.0 Å². The Morgan fingerprint density at radius 2 is 2.10 bits per heavy atom. The molecule has 0 aliphatic carbocycles. The Hall–Kier alpha value is -0.540.